The van der Waals surface area contributed by atoms with Gasteiger partial charge in [0.2, 0.25) is 0 Å². The monoisotopic (exact) mass is 310 g/mol. The lowest BCUT2D eigenvalue weighted by atomic mass is 9.81. The maximum Gasteiger partial charge on any atom is 0.418 e. The van der Waals surface area contributed by atoms with Gasteiger partial charge in [-0.05, 0) is 43.4 Å². The molecule has 0 aliphatic heterocycles. The third kappa shape index (κ3) is 2.40. The average molecular weight is 310 g/mol. The number of nitrogens with zero attached hydrogens (tertiary/aromatic N) is 2. The molecule has 2 nitrogen and oxygen atoms in total. The second kappa shape index (κ2) is 5.00. The molecule has 0 spiro atoms. The van der Waals surface area contributed by atoms with Gasteiger partial charge in [-0.3, -0.25) is 0 Å². The fraction of sp³-hybridized carbons (Fsp3) is 0.588. The van der Waals surface area contributed by atoms with Crippen molar-refractivity contribution in [2.45, 2.75) is 58.7 Å². The van der Waals surface area contributed by atoms with Crippen LogP contribution >= 0.6 is 0 Å². The summed E-state index contributed by atoms with van der Waals surface area (Å²) >= 11 is 0. The third-order valence-electron chi connectivity index (χ3n) is 4.49. The molecule has 0 N–H and O–H groups in total. The number of imidazole rings is 1. The van der Waals surface area contributed by atoms with E-state index in [9.17, 15) is 13.2 Å². The third-order valence-corrected chi connectivity index (χ3v) is 4.49. The van der Waals surface area contributed by atoms with Gasteiger partial charge >= 0.3 is 6.18 Å². The number of hydrogen-bond acceptors (Lipinski definition) is 1. The second-order valence-electron chi connectivity index (χ2n) is 6.90. The molecule has 0 bridgehead atoms. The Kier molecular flexibility index (Phi) is 3.49. The average Bonchev–Trinajstić information content (AvgIpc) is 2.71. The van der Waals surface area contributed by atoms with Crippen LogP contribution < -0.4 is 0 Å². The predicted octanol–water partition coefficient (Wildman–Crippen LogP) is 5.46. The van der Waals surface area contributed by atoms with Gasteiger partial charge in [0.25, 0.3) is 0 Å². The molecular weight excluding hydrogens is 289 g/mol. The molecule has 120 valence electrons. The van der Waals surface area contributed by atoms with Gasteiger partial charge in [0.05, 0.1) is 16.6 Å². The van der Waals surface area contributed by atoms with Gasteiger partial charge in [-0.2, -0.15) is 13.2 Å². The number of alkyl halides is 3. The SMILES string of the molecule is Cc1cc(C(F)(F)F)c2c(c1)nc(C(C)C)n2C1CC(C)C1. The van der Waals surface area contributed by atoms with Crippen LogP contribution in [0.4, 0.5) is 13.2 Å². The topological polar surface area (TPSA) is 17.8 Å². The van der Waals surface area contributed by atoms with Crippen molar-refractivity contribution in [1.82, 2.24) is 9.55 Å². The van der Waals surface area contributed by atoms with Crippen molar-refractivity contribution in [3.8, 4) is 0 Å². The lowest BCUT2D eigenvalue weighted by Crippen LogP contribution is -2.27. The largest absolute Gasteiger partial charge is 0.418 e. The summed E-state index contributed by atoms with van der Waals surface area (Å²) in [4.78, 5) is 4.54. The van der Waals surface area contributed by atoms with Crippen LogP contribution in [0.3, 0.4) is 0 Å². The number of aryl methyl sites for hydroxylation is 1. The fourth-order valence-corrected chi connectivity index (χ4v) is 3.45. The van der Waals surface area contributed by atoms with Gasteiger partial charge in [-0.1, -0.05) is 20.8 Å². The normalized spacial score (nSPS) is 22.4. The van der Waals surface area contributed by atoms with E-state index in [0.717, 1.165) is 18.7 Å². The molecule has 0 unspecified atom stereocenters. The van der Waals surface area contributed by atoms with Crippen LogP contribution in [-0.4, -0.2) is 9.55 Å². The number of halogens is 3. The summed E-state index contributed by atoms with van der Waals surface area (Å²) in [5.74, 6) is 1.44. The Morgan fingerprint density at radius 3 is 2.36 bits per heavy atom. The number of aromatic nitrogens is 2. The van der Waals surface area contributed by atoms with Crippen molar-refractivity contribution in [3.05, 3.63) is 29.1 Å². The smallest absolute Gasteiger partial charge is 0.324 e. The summed E-state index contributed by atoms with van der Waals surface area (Å²) in [6.45, 7) is 7.80. The molecule has 1 aromatic carbocycles. The zero-order chi connectivity index (χ0) is 16.2. The van der Waals surface area contributed by atoms with Crippen LogP contribution in [0.5, 0.6) is 0 Å². The quantitative estimate of drug-likeness (QED) is 0.720. The van der Waals surface area contributed by atoms with E-state index in [0.29, 0.717) is 17.0 Å². The molecule has 1 aliphatic rings. The lowest BCUT2D eigenvalue weighted by Gasteiger charge is -2.36. The first-order valence-corrected chi connectivity index (χ1v) is 7.78. The highest BCUT2D eigenvalue weighted by molar-refractivity contribution is 5.81. The van der Waals surface area contributed by atoms with Gasteiger partial charge in [-0.25, -0.2) is 4.98 Å². The molecule has 1 saturated carbocycles. The van der Waals surface area contributed by atoms with E-state index in [-0.39, 0.29) is 17.5 Å². The zero-order valence-electron chi connectivity index (χ0n) is 13.3. The summed E-state index contributed by atoms with van der Waals surface area (Å²) < 4.78 is 42.4. The highest BCUT2D eigenvalue weighted by atomic mass is 19.4. The minimum atomic E-state index is -4.36. The molecule has 0 saturated heterocycles. The van der Waals surface area contributed by atoms with E-state index in [4.69, 9.17) is 0 Å². The fourth-order valence-electron chi connectivity index (χ4n) is 3.45. The van der Waals surface area contributed by atoms with E-state index < -0.39 is 11.7 Å². The van der Waals surface area contributed by atoms with E-state index in [1.807, 2.05) is 18.4 Å². The van der Waals surface area contributed by atoms with Crippen molar-refractivity contribution in [1.29, 1.82) is 0 Å². The molecule has 0 atom stereocenters. The Balaban J connectivity index is 2.31. The minimum absolute atomic E-state index is 0.102. The number of benzene rings is 1. The van der Waals surface area contributed by atoms with Crippen molar-refractivity contribution in [3.63, 3.8) is 0 Å². The number of hydrogen-bond donors (Lipinski definition) is 0. The van der Waals surface area contributed by atoms with Gasteiger partial charge in [-0.15, -0.1) is 0 Å². The summed E-state index contributed by atoms with van der Waals surface area (Å²) in [6.07, 6.45) is -2.50. The van der Waals surface area contributed by atoms with Crippen molar-refractivity contribution >= 4 is 11.0 Å². The Morgan fingerprint density at radius 1 is 1.23 bits per heavy atom. The molecule has 1 aliphatic carbocycles. The molecule has 5 heteroatoms. The van der Waals surface area contributed by atoms with Gasteiger partial charge in [0.15, 0.2) is 0 Å². The zero-order valence-corrected chi connectivity index (χ0v) is 13.3. The molecule has 2 aromatic rings. The van der Waals surface area contributed by atoms with Crippen LogP contribution in [0.25, 0.3) is 11.0 Å². The standard InChI is InChI=1S/C17H21F3N2/c1-9(2)16-21-14-8-11(4)7-13(17(18,19)20)15(14)22(16)12-5-10(3)6-12/h7-10,12H,5-6H2,1-4H3. The van der Waals surface area contributed by atoms with E-state index in [1.165, 1.54) is 6.07 Å². The summed E-state index contributed by atoms with van der Waals surface area (Å²) in [7, 11) is 0. The van der Waals surface area contributed by atoms with Gasteiger partial charge < -0.3 is 4.57 Å². The molecular formula is C17H21F3N2. The van der Waals surface area contributed by atoms with Crippen LogP contribution in [0.1, 0.15) is 62.5 Å². The highest BCUT2D eigenvalue weighted by Gasteiger charge is 2.38. The highest BCUT2D eigenvalue weighted by Crippen LogP contribution is 2.44. The van der Waals surface area contributed by atoms with Crippen molar-refractivity contribution in [2.75, 3.05) is 0 Å². The molecule has 22 heavy (non-hydrogen) atoms. The van der Waals surface area contributed by atoms with Gasteiger partial charge in [0.1, 0.15) is 5.82 Å². The molecule has 1 aromatic heterocycles. The second-order valence-corrected chi connectivity index (χ2v) is 6.90. The van der Waals surface area contributed by atoms with E-state index in [1.54, 1.807) is 13.0 Å². The van der Waals surface area contributed by atoms with E-state index in [2.05, 4.69) is 11.9 Å². The first kappa shape index (κ1) is 15.4. The minimum Gasteiger partial charge on any atom is -0.324 e. The molecule has 3 rings (SSSR count). The summed E-state index contributed by atoms with van der Waals surface area (Å²) in [5, 5.41) is 0. The summed E-state index contributed by atoms with van der Waals surface area (Å²) in [6, 6.07) is 3.14. The van der Waals surface area contributed by atoms with Crippen molar-refractivity contribution < 1.29 is 13.2 Å². The maximum absolute atomic E-state index is 13.5. The Hall–Kier alpha value is -1.52. The number of fused-ring (bicyclic) bond motifs is 1. The molecule has 1 heterocycles. The molecule has 1 fully saturated rings. The predicted molar refractivity (Wildman–Crippen MR) is 81.0 cm³/mol. The first-order chi connectivity index (χ1) is 10.2. The Morgan fingerprint density at radius 2 is 1.86 bits per heavy atom. The first-order valence-electron chi connectivity index (χ1n) is 7.78. The van der Waals surface area contributed by atoms with E-state index >= 15 is 0 Å². The van der Waals surface area contributed by atoms with Crippen LogP contribution in [0.2, 0.25) is 0 Å². The number of rotatable bonds is 2. The summed E-state index contributed by atoms with van der Waals surface area (Å²) in [5.41, 5.74) is 0.775. The van der Waals surface area contributed by atoms with Crippen molar-refractivity contribution in [2.24, 2.45) is 5.92 Å². The molecule has 0 radical (unpaired) electrons. The van der Waals surface area contributed by atoms with Crippen LogP contribution in [0, 0.1) is 12.8 Å². The van der Waals surface area contributed by atoms with Crippen LogP contribution in [-0.2, 0) is 6.18 Å². The van der Waals surface area contributed by atoms with Crippen LogP contribution in [0.15, 0.2) is 12.1 Å². The Labute approximate surface area is 128 Å². The van der Waals surface area contributed by atoms with Gasteiger partial charge in [0, 0.05) is 12.0 Å². The Bertz CT molecular complexity index is 707. The maximum atomic E-state index is 13.5. The molecule has 0 amide bonds. The lowest BCUT2D eigenvalue weighted by molar-refractivity contribution is -0.136.